The van der Waals surface area contributed by atoms with Gasteiger partial charge >= 0.3 is 6.09 Å². The highest BCUT2D eigenvalue weighted by Crippen LogP contribution is 2.36. The summed E-state index contributed by atoms with van der Waals surface area (Å²) in [6, 6.07) is 9.01. The lowest BCUT2D eigenvalue weighted by atomic mass is 9.96. The number of nitrogens with two attached hydrogens (primary N) is 1. The van der Waals surface area contributed by atoms with Gasteiger partial charge in [0.1, 0.15) is 0 Å². The summed E-state index contributed by atoms with van der Waals surface area (Å²) in [5, 5.41) is 9.53. The smallest absolute Gasteiger partial charge is 0.407 e. The van der Waals surface area contributed by atoms with Crippen molar-refractivity contribution in [3.63, 3.8) is 0 Å². The fourth-order valence-corrected chi connectivity index (χ4v) is 3.70. The third-order valence-corrected chi connectivity index (χ3v) is 4.66. The summed E-state index contributed by atoms with van der Waals surface area (Å²) in [5.41, 5.74) is 8.07. The summed E-state index contributed by atoms with van der Waals surface area (Å²) >= 11 is 1.31. The van der Waals surface area contributed by atoms with Crippen molar-refractivity contribution in [2.24, 2.45) is 0 Å². The van der Waals surface area contributed by atoms with Gasteiger partial charge in [-0.1, -0.05) is 30.3 Å². The Morgan fingerprint density at radius 1 is 1.24 bits per heavy atom. The molecule has 0 bridgehead atoms. The summed E-state index contributed by atoms with van der Waals surface area (Å²) in [4.78, 5) is 25.9. The monoisotopic (exact) mass is 302 g/mol. The predicted molar refractivity (Wildman–Crippen MR) is 80.7 cm³/mol. The van der Waals surface area contributed by atoms with Crippen molar-refractivity contribution < 1.29 is 14.7 Å². The molecule has 21 heavy (non-hydrogen) atoms. The van der Waals surface area contributed by atoms with Crippen LogP contribution in [0.15, 0.2) is 30.3 Å². The number of fused-ring (bicyclic) bond motifs is 1. The van der Waals surface area contributed by atoms with Gasteiger partial charge in [-0.2, -0.15) is 0 Å². The molecule has 0 saturated carbocycles. The summed E-state index contributed by atoms with van der Waals surface area (Å²) < 4.78 is 0. The number of carbonyl (C=O) groups is 2. The number of nitrogens with zero attached hydrogens (tertiary/aromatic N) is 1. The average Bonchev–Trinajstić information content (AvgIpc) is 2.82. The zero-order valence-electron chi connectivity index (χ0n) is 11.2. The highest BCUT2D eigenvalue weighted by molar-refractivity contribution is 7.16. The average molecular weight is 302 g/mol. The molecule has 0 radical (unpaired) electrons. The molecule has 0 saturated heterocycles. The van der Waals surface area contributed by atoms with E-state index < -0.39 is 6.09 Å². The lowest BCUT2D eigenvalue weighted by Crippen LogP contribution is -2.34. The molecule has 0 fully saturated rings. The van der Waals surface area contributed by atoms with E-state index in [9.17, 15) is 9.59 Å². The van der Waals surface area contributed by atoms with Gasteiger partial charge in [-0.25, -0.2) is 4.79 Å². The van der Waals surface area contributed by atoms with E-state index in [1.54, 1.807) is 12.1 Å². The first kappa shape index (κ1) is 13.6. The number of amides is 1. The second kappa shape index (κ2) is 5.21. The van der Waals surface area contributed by atoms with Crippen molar-refractivity contribution in [2.75, 3.05) is 12.3 Å². The van der Waals surface area contributed by atoms with E-state index >= 15 is 0 Å². The first-order chi connectivity index (χ1) is 10.1. The van der Waals surface area contributed by atoms with Crippen LogP contribution in [0.25, 0.3) is 0 Å². The Hall–Kier alpha value is -2.34. The van der Waals surface area contributed by atoms with Crippen LogP contribution in [0, 0.1) is 0 Å². The van der Waals surface area contributed by atoms with E-state index in [-0.39, 0.29) is 5.78 Å². The second-order valence-electron chi connectivity index (χ2n) is 4.89. The minimum atomic E-state index is -0.941. The molecule has 1 aliphatic rings. The number of ketones is 1. The molecule has 1 amide bonds. The normalized spacial score (nSPS) is 13.8. The summed E-state index contributed by atoms with van der Waals surface area (Å²) in [7, 11) is 0. The third kappa shape index (κ3) is 2.38. The first-order valence-electron chi connectivity index (χ1n) is 6.55. The minimum absolute atomic E-state index is 0.0885. The molecule has 0 atom stereocenters. The summed E-state index contributed by atoms with van der Waals surface area (Å²) in [6.07, 6.45) is -0.410. The first-order valence-corrected chi connectivity index (χ1v) is 7.37. The Morgan fingerprint density at radius 3 is 2.62 bits per heavy atom. The van der Waals surface area contributed by atoms with Gasteiger partial charge in [0.25, 0.3) is 0 Å². The maximum absolute atomic E-state index is 12.6. The van der Waals surface area contributed by atoms with Crippen molar-refractivity contribution in [3.8, 4) is 0 Å². The van der Waals surface area contributed by atoms with Crippen molar-refractivity contribution in [1.82, 2.24) is 4.90 Å². The number of thiophene rings is 1. The largest absolute Gasteiger partial charge is 0.465 e. The Kier molecular flexibility index (Phi) is 3.39. The molecule has 0 unspecified atom stereocenters. The number of carboxylic acid groups (broad SMARTS) is 1. The molecule has 0 spiro atoms. The van der Waals surface area contributed by atoms with E-state index in [2.05, 4.69) is 0 Å². The van der Waals surface area contributed by atoms with Crippen LogP contribution in [0.1, 0.15) is 26.4 Å². The second-order valence-corrected chi connectivity index (χ2v) is 6.03. The molecular weight excluding hydrogens is 288 g/mol. The van der Waals surface area contributed by atoms with Crippen molar-refractivity contribution in [1.29, 1.82) is 0 Å². The van der Waals surface area contributed by atoms with Gasteiger partial charge in [-0.15, -0.1) is 11.3 Å². The standard InChI is InChI=1S/C15H14N2O3S/c16-14-12(13(18)9-4-2-1-3-5-9)10-6-7-17(15(19)20)8-11(10)21-14/h1-5H,6-8,16H2,(H,19,20). The molecule has 1 aromatic heterocycles. The number of nitrogen functional groups attached to an aromatic ring is 1. The van der Waals surface area contributed by atoms with E-state index in [1.807, 2.05) is 18.2 Å². The highest BCUT2D eigenvalue weighted by Gasteiger charge is 2.28. The lowest BCUT2D eigenvalue weighted by Gasteiger charge is -2.24. The zero-order valence-corrected chi connectivity index (χ0v) is 12.0. The van der Waals surface area contributed by atoms with E-state index in [1.165, 1.54) is 16.2 Å². The SMILES string of the molecule is Nc1sc2c(c1C(=O)c1ccccc1)CCN(C(=O)O)C2. The lowest BCUT2D eigenvalue weighted by molar-refractivity contribution is 0.103. The molecule has 5 nitrogen and oxygen atoms in total. The van der Waals surface area contributed by atoms with Crippen LogP contribution >= 0.6 is 11.3 Å². The van der Waals surface area contributed by atoms with Gasteiger partial charge in [-0.3, -0.25) is 4.79 Å². The fraction of sp³-hybridized carbons (Fsp3) is 0.200. The van der Waals surface area contributed by atoms with Gasteiger partial charge in [0.2, 0.25) is 0 Å². The molecule has 6 heteroatoms. The molecule has 3 N–H and O–H groups in total. The number of hydrogen-bond acceptors (Lipinski definition) is 4. The maximum Gasteiger partial charge on any atom is 0.407 e. The molecule has 2 heterocycles. The molecule has 0 aliphatic carbocycles. The minimum Gasteiger partial charge on any atom is -0.465 e. The van der Waals surface area contributed by atoms with Gasteiger partial charge < -0.3 is 15.7 Å². The molecule has 1 aromatic carbocycles. The maximum atomic E-state index is 12.6. The molecule has 1 aliphatic heterocycles. The molecular formula is C15H14N2O3S. The Bertz CT molecular complexity index is 709. The molecule has 2 aromatic rings. The van der Waals surface area contributed by atoms with Crippen molar-refractivity contribution >= 4 is 28.2 Å². The summed E-state index contributed by atoms with van der Waals surface area (Å²) in [6.45, 7) is 0.704. The zero-order chi connectivity index (χ0) is 15.0. The van der Waals surface area contributed by atoms with E-state index in [0.717, 1.165) is 10.4 Å². The van der Waals surface area contributed by atoms with Crippen LogP contribution in [0.2, 0.25) is 0 Å². The van der Waals surface area contributed by atoms with Crippen LogP contribution in [0.5, 0.6) is 0 Å². The van der Waals surface area contributed by atoms with Crippen LogP contribution in [0.4, 0.5) is 9.80 Å². The highest BCUT2D eigenvalue weighted by atomic mass is 32.1. The Labute approximate surface area is 125 Å². The van der Waals surface area contributed by atoms with E-state index in [4.69, 9.17) is 10.8 Å². The Balaban J connectivity index is 1.99. The topological polar surface area (TPSA) is 83.6 Å². The third-order valence-electron chi connectivity index (χ3n) is 3.62. The summed E-state index contributed by atoms with van der Waals surface area (Å²) in [5.74, 6) is -0.0885. The van der Waals surface area contributed by atoms with Crippen LogP contribution in [-0.4, -0.2) is 28.4 Å². The molecule has 108 valence electrons. The van der Waals surface area contributed by atoms with Gasteiger partial charge in [-0.05, 0) is 12.0 Å². The van der Waals surface area contributed by atoms with Crippen LogP contribution < -0.4 is 5.73 Å². The van der Waals surface area contributed by atoms with Gasteiger partial charge in [0.15, 0.2) is 5.78 Å². The van der Waals surface area contributed by atoms with E-state index in [0.29, 0.717) is 35.6 Å². The number of benzene rings is 1. The van der Waals surface area contributed by atoms with Crippen molar-refractivity contribution in [3.05, 3.63) is 51.9 Å². The van der Waals surface area contributed by atoms with Crippen LogP contribution in [-0.2, 0) is 13.0 Å². The molecule has 3 rings (SSSR count). The van der Waals surface area contributed by atoms with Crippen LogP contribution in [0.3, 0.4) is 0 Å². The van der Waals surface area contributed by atoms with Gasteiger partial charge in [0, 0.05) is 17.0 Å². The number of carbonyl (C=O) groups excluding carboxylic acids is 1. The number of hydrogen-bond donors (Lipinski definition) is 2. The fourth-order valence-electron chi connectivity index (χ4n) is 2.57. The van der Waals surface area contributed by atoms with Gasteiger partial charge in [0.05, 0.1) is 17.1 Å². The quantitative estimate of drug-likeness (QED) is 0.835. The number of anilines is 1. The number of rotatable bonds is 2. The Morgan fingerprint density at radius 2 is 1.95 bits per heavy atom. The van der Waals surface area contributed by atoms with Crippen molar-refractivity contribution in [2.45, 2.75) is 13.0 Å². The predicted octanol–water partition coefficient (Wildman–Crippen LogP) is 2.60.